The Bertz CT molecular complexity index is 434. The van der Waals surface area contributed by atoms with Crippen molar-refractivity contribution in [2.24, 2.45) is 0 Å². The summed E-state index contributed by atoms with van der Waals surface area (Å²) in [5.74, 6) is -0.804. The van der Waals surface area contributed by atoms with Crippen LogP contribution < -0.4 is 15.2 Å². The van der Waals surface area contributed by atoms with Gasteiger partial charge in [-0.25, -0.2) is 4.79 Å². The zero-order valence-electron chi connectivity index (χ0n) is 9.79. The monoisotopic (exact) mass is 257 g/mol. The summed E-state index contributed by atoms with van der Waals surface area (Å²) in [6.45, 7) is -0.640. The van der Waals surface area contributed by atoms with Gasteiger partial charge >= 0.3 is 5.97 Å². The number of hydrogen-bond donors (Lipinski definition) is 4. The van der Waals surface area contributed by atoms with E-state index in [2.05, 4.69) is 0 Å². The van der Waals surface area contributed by atoms with Crippen molar-refractivity contribution < 1.29 is 29.6 Å². The molecule has 5 N–H and O–H groups in total. The lowest BCUT2D eigenvalue weighted by Crippen LogP contribution is -2.21. The number of carbonyl (C=O) groups is 1. The molecule has 1 unspecified atom stereocenters. The van der Waals surface area contributed by atoms with E-state index in [1.54, 1.807) is 0 Å². The van der Waals surface area contributed by atoms with E-state index in [-0.39, 0.29) is 29.4 Å². The van der Waals surface area contributed by atoms with Crippen molar-refractivity contribution in [1.29, 1.82) is 0 Å². The van der Waals surface area contributed by atoms with E-state index < -0.39 is 18.7 Å². The van der Waals surface area contributed by atoms with E-state index in [0.717, 1.165) is 0 Å². The number of aromatic carboxylic acids is 1. The first-order valence-corrected chi connectivity index (χ1v) is 5.12. The fourth-order valence-electron chi connectivity index (χ4n) is 1.27. The van der Waals surface area contributed by atoms with E-state index in [4.69, 9.17) is 30.5 Å². The number of aliphatic hydroxyl groups excluding tert-OH is 2. The summed E-state index contributed by atoms with van der Waals surface area (Å²) in [6, 6.07) is 2.53. The minimum absolute atomic E-state index is 0.0504. The quantitative estimate of drug-likeness (QED) is 0.516. The lowest BCUT2D eigenvalue weighted by Gasteiger charge is -2.14. The summed E-state index contributed by atoms with van der Waals surface area (Å²) in [5.41, 5.74) is 5.47. The van der Waals surface area contributed by atoms with Gasteiger partial charge in [-0.3, -0.25) is 0 Å². The molecule has 0 fully saturated rings. The van der Waals surface area contributed by atoms with Crippen LogP contribution in [0.5, 0.6) is 11.5 Å². The third-order valence-corrected chi connectivity index (χ3v) is 2.21. The minimum atomic E-state index is -1.19. The standard InChI is InChI=1S/C11H15NO6/c1-17-9-3-8(12)7(11(15)16)2-10(9)18-5-6(14)4-13/h2-3,6,13-14H,4-5,12H2,1H3,(H,15,16). The molecule has 0 saturated carbocycles. The molecule has 0 aliphatic heterocycles. The van der Waals surface area contributed by atoms with Gasteiger partial charge in [-0.2, -0.15) is 0 Å². The number of aliphatic hydroxyl groups is 2. The van der Waals surface area contributed by atoms with Gasteiger partial charge in [-0.1, -0.05) is 0 Å². The van der Waals surface area contributed by atoms with E-state index in [9.17, 15) is 4.79 Å². The maximum absolute atomic E-state index is 10.9. The molecular formula is C11H15NO6. The normalized spacial score (nSPS) is 11.9. The van der Waals surface area contributed by atoms with Gasteiger partial charge in [0, 0.05) is 12.1 Å². The lowest BCUT2D eigenvalue weighted by atomic mass is 10.1. The first kappa shape index (κ1) is 14.1. The fourth-order valence-corrected chi connectivity index (χ4v) is 1.27. The number of carboxylic acids is 1. The van der Waals surface area contributed by atoms with Gasteiger partial charge in [-0.05, 0) is 0 Å². The lowest BCUT2D eigenvalue weighted by molar-refractivity contribution is 0.0526. The Morgan fingerprint density at radius 2 is 2.11 bits per heavy atom. The van der Waals surface area contributed by atoms with Crippen LogP contribution in [0.1, 0.15) is 10.4 Å². The van der Waals surface area contributed by atoms with Crippen LogP contribution in [0.2, 0.25) is 0 Å². The Balaban J connectivity index is 3.00. The summed E-state index contributed by atoms with van der Waals surface area (Å²) >= 11 is 0. The Morgan fingerprint density at radius 3 is 2.61 bits per heavy atom. The molecule has 0 aliphatic carbocycles. The second-order valence-corrected chi connectivity index (χ2v) is 3.54. The van der Waals surface area contributed by atoms with Crippen molar-refractivity contribution in [3.8, 4) is 11.5 Å². The molecule has 0 aromatic heterocycles. The summed E-state index contributed by atoms with van der Waals surface area (Å²) < 4.78 is 10.2. The van der Waals surface area contributed by atoms with Gasteiger partial charge in [0.15, 0.2) is 11.5 Å². The predicted octanol–water partition coefficient (Wildman–Crippen LogP) is -0.292. The summed E-state index contributed by atoms with van der Waals surface area (Å²) in [5, 5.41) is 26.7. The second kappa shape index (κ2) is 6.08. The zero-order valence-corrected chi connectivity index (χ0v) is 9.79. The highest BCUT2D eigenvalue weighted by Crippen LogP contribution is 2.32. The molecule has 1 aromatic carbocycles. The van der Waals surface area contributed by atoms with E-state index in [1.807, 2.05) is 0 Å². The molecule has 18 heavy (non-hydrogen) atoms. The van der Waals surface area contributed by atoms with Crippen LogP contribution in [0.25, 0.3) is 0 Å². The first-order valence-electron chi connectivity index (χ1n) is 5.12. The van der Waals surface area contributed by atoms with Gasteiger partial charge in [0.25, 0.3) is 0 Å². The van der Waals surface area contributed by atoms with Gasteiger partial charge in [-0.15, -0.1) is 0 Å². The zero-order chi connectivity index (χ0) is 13.7. The smallest absolute Gasteiger partial charge is 0.337 e. The number of nitrogens with two attached hydrogens (primary N) is 1. The van der Waals surface area contributed by atoms with Crippen LogP contribution in [0.15, 0.2) is 12.1 Å². The number of ether oxygens (including phenoxy) is 2. The predicted molar refractivity (Wildman–Crippen MR) is 63.0 cm³/mol. The maximum Gasteiger partial charge on any atom is 0.337 e. The summed E-state index contributed by atoms with van der Waals surface area (Å²) in [4.78, 5) is 10.9. The van der Waals surface area contributed by atoms with Crippen LogP contribution >= 0.6 is 0 Å². The molecular weight excluding hydrogens is 242 g/mol. The Kier molecular flexibility index (Phi) is 4.75. The van der Waals surface area contributed by atoms with Crippen molar-refractivity contribution in [3.05, 3.63) is 17.7 Å². The van der Waals surface area contributed by atoms with Crippen LogP contribution in [0.3, 0.4) is 0 Å². The second-order valence-electron chi connectivity index (χ2n) is 3.54. The molecule has 0 bridgehead atoms. The third-order valence-electron chi connectivity index (χ3n) is 2.21. The Hall–Kier alpha value is -1.99. The largest absolute Gasteiger partial charge is 0.493 e. The van der Waals surface area contributed by atoms with Gasteiger partial charge in [0.2, 0.25) is 0 Å². The Labute approximate surface area is 103 Å². The number of hydrogen-bond acceptors (Lipinski definition) is 6. The molecule has 100 valence electrons. The van der Waals surface area contributed by atoms with E-state index >= 15 is 0 Å². The molecule has 1 atom stereocenters. The van der Waals surface area contributed by atoms with E-state index in [0.29, 0.717) is 0 Å². The van der Waals surface area contributed by atoms with Crippen LogP contribution in [-0.2, 0) is 0 Å². The van der Waals surface area contributed by atoms with Crippen LogP contribution in [0, 0.1) is 0 Å². The summed E-state index contributed by atoms with van der Waals surface area (Å²) in [7, 11) is 1.38. The van der Waals surface area contributed by atoms with Crippen molar-refractivity contribution in [2.45, 2.75) is 6.10 Å². The number of methoxy groups -OCH3 is 1. The number of nitrogen functional groups attached to an aromatic ring is 1. The van der Waals surface area contributed by atoms with Crippen molar-refractivity contribution in [1.82, 2.24) is 0 Å². The molecule has 1 aromatic rings. The highest BCUT2D eigenvalue weighted by Gasteiger charge is 2.15. The van der Waals surface area contributed by atoms with Crippen molar-refractivity contribution in [2.75, 3.05) is 26.1 Å². The Morgan fingerprint density at radius 1 is 1.44 bits per heavy atom. The SMILES string of the molecule is COc1cc(N)c(C(=O)O)cc1OCC(O)CO. The molecule has 0 amide bonds. The topological polar surface area (TPSA) is 122 Å². The van der Waals surface area contributed by atoms with Gasteiger partial charge < -0.3 is 30.5 Å². The molecule has 0 spiro atoms. The molecule has 0 aliphatic rings. The summed E-state index contributed by atoms with van der Waals surface area (Å²) in [6.07, 6.45) is -1.06. The molecule has 7 nitrogen and oxygen atoms in total. The number of anilines is 1. The van der Waals surface area contributed by atoms with Crippen molar-refractivity contribution >= 4 is 11.7 Å². The molecule has 7 heteroatoms. The highest BCUT2D eigenvalue weighted by molar-refractivity contribution is 5.94. The molecule has 0 saturated heterocycles. The highest BCUT2D eigenvalue weighted by atomic mass is 16.5. The van der Waals surface area contributed by atoms with Crippen molar-refractivity contribution in [3.63, 3.8) is 0 Å². The average molecular weight is 257 g/mol. The average Bonchev–Trinajstić information content (AvgIpc) is 2.35. The van der Waals surface area contributed by atoms with E-state index in [1.165, 1.54) is 19.2 Å². The fraction of sp³-hybridized carbons (Fsp3) is 0.364. The van der Waals surface area contributed by atoms with Gasteiger partial charge in [0.05, 0.1) is 25.0 Å². The molecule has 0 radical (unpaired) electrons. The van der Waals surface area contributed by atoms with Crippen LogP contribution in [-0.4, -0.2) is 47.7 Å². The maximum atomic E-state index is 10.9. The third kappa shape index (κ3) is 3.25. The molecule has 0 heterocycles. The first-order chi connectivity index (χ1) is 8.49. The van der Waals surface area contributed by atoms with Crippen LogP contribution in [0.4, 0.5) is 5.69 Å². The van der Waals surface area contributed by atoms with Gasteiger partial charge in [0.1, 0.15) is 12.7 Å². The molecule has 1 rings (SSSR count). The minimum Gasteiger partial charge on any atom is -0.493 e. The number of rotatable bonds is 6. The number of benzene rings is 1. The number of carboxylic acid groups (broad SMARTS) is 1.